The van der Waals surface area contributed by atoms with Crippen LogP contribution in [-0.4, -0.2) is 24.3 Å². The highest BCUT2D eigenvalue weighted by Gasteiger charge is 2.09. The van der Waals surface area contributed by atoms with Gasteiger partial charge >= 0.3 is 0 Å². The van der Waals surface area contributed by atoms with Crippen LogP contribution in [0.1, 0.15) is 181 Å². The lowest BCUT2D eigenvalue weighted by Gasteiger charge is -2.10. The fourth-order valence-corrected chi connectivity index (χ4v) is 6.03. The Hall–Kier alpha value is -1.36. The van der Waals surface area contributed by atoms with E-state index in [9.17, 15) is 0 Å². The van der Waals surface area contributed by atoms with Gasteiger partial charge in [-0.1, -0.05) is 179 Å². The first kappa shape index (κ1) is 37.7. The second-order valence-corrected chi connectivity index (χ2v) is 13.1. The Morgan fingerprint density at radius 3 is 1.00 bits per heavy atom. The van der Waals surface area contributed by atoms with Gasteiger partial charge in [0.2, 0.25) is 10.3 Å². The first-order valence-corrected chi connectivity index (χ1v) is 18.6. The number of anilines is 2. The molecule has 0 amide bonds. The Bertz CT molecular complexity index is 670. The summed E-state index contributed by atoms with van der Waals surface area (Å²) in [6.07, 6.45) is 44.9. The van der Waals surface area contributed by atoms with Crippen molar-refractivity contribution in [2.45, 2.75) is 181 Å². The maximum atomic E-state index is 4.41. The van der Waals surface area contributed by atoms with Crippen molar-refractivity contribution < 1.29 is 0 Å². The minimum absolute atomic E-state index is 0.951. The van der Waals surface area contributed by atoms with E-state index in [1.807, 2.05) is 0 Å². The summed E-state index contributed by atoms with van der Waals surface area (Å²) in [5.41, 5.74) is 0. The third kappa shape index (κ3) is 22.9. The van der Waals surface area contributed by atoms with Gasteiger partial charge in [-0.15, -0.1) is 10.2 Å². The van der Waals surface area contributed by atoms with Crippen molar-refractivity contribution in [3.63, 3.8) is 0 Å². The summed E-state index contributed by atoms with van der Waals surface area (Å²) < 4.78 is 0. The molecule has 238 valence electrons. The molecule has 1 aromatic heterocycles. The van der Waals surface area contributed by atoms with Gasteiger partial charge in [0.15, 0.2) is 0 Å². The molecule has 1 heterocycles. The molecule has 0 atom stereocenters. The molecule has 0 fully saturated rings. The molecule has 0 unspecified atom stereocenters. The zero-order chi connectivity index (χ0) is 29.6. The predicted octanol–water partition coefficient (Wildman–Crippen LogP) is 12.6. The fraction of sp³-hybridized carbons (Fsp3) is 0.833. The van der Waals surface area contributed by atoms with Gasteiger partial charge in [-0.3, -0.25) is 0 Å². The van der Waals surface area contributed by atoms with Crippen LogP contribution in [0.15, 0.2) is 24.6 Å². The van der Waals surface area contributed by atoms with Crippen LogP contribution in [0.2, 0.25) is 0 Å². The topological polar surface area (TPSA) is 32.3 Å². The van der Waals surface area contributed by atoms with E-state index < -0.39 is 0 Å². The van der Waals surface area contributed by atoms with E-state index in [1.54, 1.807) is 11.3 Å². The second-order valence-electron chi connectivity index (χ2n) is 12.2. The number of nitrogens with zero attached hydrogens (tertiary/aromatic N) is 4. The predicted molar refractivity (Wildman–Crippen MR) is 186 cm³/mol. The quantitative estimate of drug-likeness (QED) is 0.0837. The normalized spacial score (nSPS) is 11.8. The lowest BCUT2D eigenvalue weighted by molar-refractivity contribution is 0.545. The molecule has 4 nitrogen and oxygen atoms in total. The number of rotatable bonds is 30. The van der Waals surface area contributed by atoms with Crippen LogP contribution >= 0.6 is 11.3 Å². The third-order valence-corrected chi connectivity index (χ3v) is 9.22. The molecule has 41 heavy (non-hydrogen) atoms. The summed E-state index contributed by atoms with van der Waals surface area (Å²) in [7, 11) is 4.15. The van der Waals surface area contributed by atoms with E-state index in [0.717, 1.165) is 23.1 Å². The van der Waals surface area contributed by atoms with Gasteiger partial charge in [0.25, 0.3) is 0 Å². The maximum Gasteiger partial charge on any atom is 0.213 e. The lowest BCUT2D eigenvalue weighted by Crippen LogP contribution is -2.07. The molecule has 0 N–H and O–H groups in total. The van der Waals surface area contributed by atoms with E-state index in [4.69, 9.17) is 0 Å². The summed E-state index contributed by atoms with van der Waals surface area (Å²) in [5, 5.41) is 10.7. The highest BCUT2D eigenvalue weighted by Crippen LogP contribution is 2.26. The SMILES string of the molecule is CCCCCCCCCCCCCCC=CN(C)c1nnc(N(C)C=CCCCCCCCCCCCCCC)s1. The van der Waals surface area contributed by atoms with Crippen molar-refractivity contribution in [2.75, 3.05) is 23.9 Å². The molecular formula is C36H68N4S. The third-order valence-electron chi connectivity index (χ3n) is 8.11. The largest absolute Gasteiger partial charge is 0.326 e. The Kier molecular flexibility index (Phi) is 26.4. The van der Waals surface area contributed by atoms with E-state index in [0.29, 0.717) is 0 Å². The molecule has 0 radical (unpaired) electrons. The highest BCUT2D eigenvalue weighted by molar-refractivity contribution is 7.19. The monoisotopic (exact) mass is 589 g/mol. The van der Waals surface area contributed by atoms with E-state index in [-0.39, 0.29) is 0 Å². The molecule has 5 heteroatoms. The molecular weight excluding hydrogens is 520 g/mol. The number of hydrogen-bond donors (Lipinski definition) is 0. The van der Waals surface area contributed by atoms with E-state index >= 15 is 0 Å². The van der Waals surface area contributed by atoms with Crippen molar-refractivity contribution >= 4 is 21.6 Å². The van der Waals surface area contributed by atoms with Gasteiger partial charge in [0.05, 0.1) is 0 Å². The maximum absolute atomic E-state index is 4.41. The summed E-state index contributed by atoms with van der Waals surface area (Å²) >= 11 is 1.65. The number of aromatic nitrogens is 2. The molecule has 0 saturated carbocycles. The van der Waals surface area contributed by atoms with Gasteiger partial charge in [-0.05, 0) is 25.7 Å². The van der Waals surface area contributed by atoms with Crippen LogP contribution in [0.4, 0.5) is 10.3 Å². The van der Waals surface area contributed by atoms with Gasteiger partial charge in [0, 0.05) is 26.5 Å². The van der Waals surface area contributed by atoms with Crippen molar-refractivity contribution in [2.24, 2.45) is 0 Å². The van der Waals surface area contributed by atoms with Crippen LogP contribution in [0.5, 0.6) is 0 Å². The van der Waals surface area contributed by atoms with Crippen LogP contribution in [0, 0.1) is 0 Å². The van der Waals surface area contributed by atoms with Gasteiger partial charge in [0.1, 0.15) is 0 Å². The standard InChI is InChI=1S/C36H68N4S/c1-5-7-9-11-13-15-17-19-21-23-25-27-29-31-33-39(3)35-37-38-36(41-35)40(4)34-32-30-28-26-24-22-20-18-16-14-12-10-8-6-2/h31-34H,5-30H2,1-4H3. The molecule has 0 aromatic carbocycles. The molecule has 0 aliphatic heterocycles. The minimum Gasteiger partial charge on any atom is -0.326 e. The molecule has 0 saturated heterocycles. The molecule has 0 bridgehead atoms. The Labute approximate surface area is 260 Å². The smallest absolute Gasteiger partial charge is 0.213 e. The second kappa shape index (κ2) is 28.7. The Morgan fingerprint density at radius 2 is 0.707 bits per heavy atom. The van der Waals surface area contributed by atoms with E-state index in [2.05, 4.69) is 72.5 Å². The van der Waals surface area contributed by atoms with Gasteiger partial charge in [-0.25, -0.2) is 0 Å². The Morgan fingerprint density at radius 1 is 0.439 bits per heavy atom. The van der Waals surface area contributed by atoms with Crippen molar-refractivity contribution in [3.8, 4) is 0 Å². The van der Waals surface area contributed by atoms with Gasteiger partial charge in [-0.2, -0.15) is 0 Å². The first-order valence-electron chi connectivity index (χ1n) is 17.8. The number of hydrogen-bond acceptors (Lipinski definition) is 5. The first-order chi connectivity index (χ1) is 20.2. The average Bonchev–Trinajstić information content (AvgIpc) is 3.48. The zero-order valence-corrected chi connectivity index (χ0v) is 28.7. The summed E-state index contributed by atoms with van der Waals surface area (Å²) in [6, 6.07) is 0. The summed E-state index contributed by atoms with van der Waals surface area (Å²) in [5.74, 6) is 0. The number of allylic oxidation sites excluding steroid dienone is 2. The Balaban J connectivity index is 2.02. The van der Waals surface area contributed by atoms with Crippen molar-refractivity contribution in [3.05, 3.63) is 24.6 Å². The minimum atomic E-state index is 0.951. The lowest BCUT2D eigenvalue weighted by atomic mass is 10.0. The summed E-state index contributed by atoms with van der Waals surface area (Å²) in [6.45, 7) is 4.59. The van der Waals surface area contributed by atoms with Gasteiger partial charge < -0.3 is 9.80 Å². The molecule has 0 aliphatic rings. The van der Waals surface area contributed by atoms with Crippen molar-refractivity contribution in [1.29, 1.82) is 0 Å². The van der Waals surface area contributed by atoms with Crippen LogP contribution in [0.25, 0.3) is 0 Å². The zero-order valence-electron chi connectivity index (χ0n) is 27.9. The number of unbranched alkanes of at least 4 members (excludes halogenated alkanes) is 24. The average molecular weight is 589 g/mol. The summed E-state index contributed by atoms with van der Waals surface area (Å²) in [4.78, 5) is 4.21. The molecule has 0 spiro atoms. The molecule has 0 aliphatic carbocycles. The highest BCUT2D eigenvalue weighted by atomic mass is 32.1. The molecule has 1 rings (SSSR count). The van der Waals surface area contributed by atoms with Crippen LogP contribution < -0.4 is 9.80 Å². The van der Waals surface area contributed by atoms with Crippen LogP contribution in [0.3, 0.4) is 0 Å². The van der Waals surface area contributed by atoms with E-state index in [1.165, 1.54) is 154 Å². The fourth-order valence-electron chi connectivity index (χ4n) is 5.29. The van der Waals surface area contributed by atoms with Crippen LogP contribution in [-0.2, 0) is 0 Å². The molecule has 1 aromatic rings. The van der Waals surface area contributed by atoms with Crippen molar-refractivity contribution in [1.82, 2.24) is 10.2 Å².